The van der Waals surface area contributed by atoms with Gasteiger partial charge in [-0.05, 0) is 26.7 Å². The first-order chi connectivity index (χ1) is 12.0. The number of aryl methyl sites for hydroxylation is 2. The van der Waals surface area contributed by atoms with E-state index in [9.17, 15) is 9.59 Å². The summed E-state index contributed by atoms with van der Waals surface area (Å²) in [5.74, 6) is 0.760. The van der Waals surface area contributed by atoms with E-state index in [1.807, 2.05) is 29.7 Å². The molecule has 3 aromatic heterocycles. The van der Waals surface area contributed by atoms with Crippen molar-refractivity contribution in [1.29, 1.82) is 0 Å². The minimum atomic E-state index is -0.333. The summed E-state index contributed by atoms with van der Waals surface area (Å²) in [6.45, 7) is 4.20. The number of aromatic nitrogens is 5. The van der Waals surface area contributed by atoms with Gasteiger partial charge in [0.25, 0.3) is 5.56 Å². The highest BCUT2D eigenvalue weighted by Crippen LogP contribution is 2.32. The van der Waals surface area contributed by atoms with Gasteiger partial charge in [-0.3, -0.25) is 18.3 Å². The normalized spacial score (nSPS) is 16.1. The van der Waals surface area contributed by atoms with Crippen LogP contribution < -0.4 is 11.2 Å². The maximum Gasteiger partial charge on any atom is 0.332 e. The van der Waals surface area contributed by atoms with E-state index in [1.165, 1.54) is 22.0 Å². The monoisotopic (exact) mass is 341 g/mol. The van der Waals surface area contributed by atoms with Crippen LogP contribution in [0.1, 0.15) is 44.3 Å². The number of rotatable bonds is 3. The molecule has 25 heavy (non-hydrogen) atoms. The quantitative estimate of drug-likeness (QED) is 0.686. The van der Waals surface area contributed by atoms with E-state index in [0.29, 0.717) is 17.2 Å². The maximum atomic E-state index is 13.0. The predicted molar refractivity (Wildman–Crippen MR) is 97.2 cm³/mol. The van der Waals surface area contributed by atoms with Crippen LogP contribution in [-0.2, 0) is 13.6 Å². The zero-order valence-corrected chi connectivity index (χ0v) is 14.9. The molecule has 0 radical (unpaired) electrons. The number of hydrogen-bond acceptors (Lipinski definition) is 3. The second kappa shape index (κ2) is 5.75. The molecular weight excluding hydrogens is 318 g/mol. The zero-order chi connectivity index (χ0) is 17.7. The van der Waals surface area contributed by atoms with Crippen molar-refractivity contribution in [1.82, 2.24) is 23.1 Å². The van der Waals surface area contributed by atoms with Crippen LogP contribution in [0, 0.1) is 6.92 Å². The molecule has 0 saturated heterocycles. The molecule has 7 nitrogen and oxygen atoms in total. The minimum absolute atomic E-state index is 0.271. The van der Waals surface area contributed by atoms with Crippen molar-refractivity contribution in [3.05, 3.63) is 44.9 Å². The van der Waals surface area contributed by atoms with Gasteiger partial charge in [-0.2, -0.15) is 4.98 Å². The Morgan fingerprint density at radius 1 is 1.28 bits per heavy atom. The van der Waals surface area contributed by atoms with Crippen molar-refractivity contribution in [2.45, 2.75) is 52.1 Å². The number of hydrogen-bond donors (Lipinski definition) is 0. The lowest BCUT2D eigenvalue weighted by atomic mass is 10.2. The van der Waals surface area contributed by atoms with Crippen LogP contribution >= 0.6 is 0 Å². The third-order valence-corrected chi connectivity index (χ3v) is 5.28. The van der Waals surface area contributed by atoms with Crippen molar-refractivity contribution in [3.8, 4) is 0 Å². The Kier molecular flexibility index (Phi) is 3.67. The van der Waals surface area contributed by atoms with Crippen molar-refractivity contribution in [3.63, 3.8) is 0 Å². The summed E-state index contributed by atoms with van der Waals surface area (Å²) < 4.78 is 6.82. The second-order valence-electron chi connectivity index (χ2n) is 6.86. The van der Waals surface area contributed by atoms with Crippen LogP contribution in [-0.4, -0.2) is 23.1 Å². The third-order valence-electron chi connectivity index (χ3n) is 5.28. The average molecular weight is 341 g/mol. The average Bonchev–Trinajstić information content (AvgIpc) is 3.28. The zero-order valence-electron chi connectivity index (χ0n) is 14.9. The fourth-order valence-electron chi connectivity index (χ4n) is 4.01. The van der Waals surface area contributed by atoms with E-state index in [1.54, 1.807) is 7.05 Å². The lowest BCUT2D eigenvalue weighted by Crippen LogP contribution is -2.39. The van der Waals surface area contributed by atoms with Crippen molar-refractivity contribution in [2.24, 2.45) is 7.05 Å². The van der Waals surface area contributed by atoms with E-state index in [2.05, 4.69) is 16.5 Å². The topological polar surface area (TPSA) is 66.2 Å². The van der Waals surface area contributed by atoms with Crippen molar-refractivity contribution < 1.29 is 0 Å². The van der Waals surface area contributed by atoms with Crippen LogP contribution in [0.4, 0.5) is 0 Å². The van der Waals surface area contributed by atoms with Gasteiger partial charge < -0.3 is 4.57 Å². The minimum Gasteiger partial charge on any atom is -0.311 e. The molecule has 1 fully saturated rings. The number of imidazole rings is 2. The van der Waals surface area contributed by atoms with Gasteiger partial charge in [0, 0.05) is 31.5 Å². The van der Waals surface area contributed by atoms with Crippen LogP contribution in [0.5, 0.6) is 0 Å². The first-order valence-electron chi connectivity index (χ1n) is 8.85. The molecule has 3 aromatic rings. The summed E-state index contributed by atoms with van der Waals surface area (Å²) in [4.78, 5) is 30.2. The van der Waals surface area contributed by atoms with Gasteiger partial charge in [0.15, 0.2) is 11.2 Å². The Morgan fingerprint density at radius 3 is 2.68 bits per heavy atom. The lowest BCUT2D eigenvalue weighted by molar-refractivity contribution is 0.520. The molecule has 0 atom stereocenters. The molecule has 1 aliphatic rings. The molecule has 1 saturated carbocycles. The molecule has 7 heteroatoms. The standard InChI is InChI=1S/C18H23N5O2/c1-4-5-10-21-16(24)14-15(20(3)18(21)25)19-17-22(14)11-12(2)23(17)13-8-6-7-9-13/h4-5,11,13H,6-10H2,1-3H3/b5-4+. The Balaban J connectivity index is 2.07. The fourth-order valence-corrected chi connectivity index (χ4v) is 4.01. The first-order valence-corrected chi connectivity index (χ1v) is 8.85. The molecular formula is C18H23N5O2. The predicted octanol–water partition coefficient (Wildman–Crippen LogP) is 2.15. The highest BCUT2D eigenvalue weighted by molar-refractivity contribution is 5.75. The first kappa shape index (κ1) is 15.9. The van der Waals surface area contributed by atoms with Gasteiger partial charge in [-0.1, -0.05) is 25.0 Å². The maximum absolute atomic E-state index is 13.0. The second-order valence-corrected chi connectivity index (χ2v) is 6.86. The van der Waals surface area contributed by atoms with Crippen LogP contribution in [0.25, 0.3) is 16.9 Å². The molecule has 0 aliphatic heterocycles. The van der Waals surface area contributed by atoms with Gasteiger partial charge in [-0.15, -0.1) is 0 Å². The van der Waals surface area contributed by atoms with E-state index in [4.69, 9.17) is 0 Å². The van der Waals surface area contributed by atoms with E-state index < -0.39 is 0 Å². The third kappa shape index (κ3) is 2.22. The molecule has 0 bridgehead atoms. The summed E-state index contributed by atoms with van der Waals surface area (Å²) in [6, 6.07) is 0.427. The van der Waals surface area contributed by atoms with Crippen LogP contribution in [0.2, 0.25) is 0 Å². The summed E-state index contributed by atoms with van der Waals surface area (Å²) >= 11 is 0. The Hall–Kier alpha value is -2.57. The smallest absolute Gasteiger partial charge is 0.311 e. The van der Waals surface area contributed by atoms with E-state index >= 15 is 0 Å². The molecule has 3 heterocycles. The molecule has 0 N–H and O–H groups in total. The number of allylic oxidation sites excluding steroid dienone is 2. The molecule has 132 valence electrons. The molecule has 0 amide bonds. The molecule has 0 spiro atoms. The Morgan fingerprint density at radius 2 is 2.00 bits per heavy atom. The lowest BCUT2D eigenvalue weighted by Gasteiger charge is -2.13. The highest BCUT2D eigenvalue weighted by atomic mass is 16.2. The number of fused-ring (bicyclic) bond motifs is 3. The molecule has 1 aliphatic carbocycles. The van der Waals surface area contributed by atoms with Crippen LogP contribution in [0.3, 0.4) is 0 Å². The van der Waals surface area contributed by atoms with Gasteiger partial charge in [0.1, 0.15) is 0 Å². The van der Waals surface area contributed by atoms with Crippen molar-refractivity contribution >= 4 is 16.9 Å². The molecule has 0 aromatic carbocycles. The summed E-state index contributed by atoms with van der Waals surface area (Å²) in [5.41, 5.74) is 1.41. The SMILES string of the molecule is C/C=C/Cn1c(=O)c2c(nc3n(C4CCCC4)c(C)cn23)n(C)c1=O. The molecule has 0 unspecified atom stereocenters. The largest absolute Gasteiger partial charge is 0.332 e. The summed E-state index contributed by atoms with van der Waals surface area (Å²) in [5, 5.41) is 0. The van der Waals surface area contributed by atoms with E-state index in [0.717, 1.165) is 24.3 Å². The number of nitrogens with zero attached hydrogens (tertiary/aromatic N) is 5. The van der Waals surface area contributed by atoms with Gasteiger partial charge >= 0.3 is 5.69 Å². The van der Waals surface area contributed by atoms with Gasteiger partial charge in [0.05, 0.1) is 0 Å². The Bertz CT molecular complexity index is 1100. The molecule has 4 rings (SSSR count). The van der Waals surface area contributed by atoms with Gasteiger partial charge in [-0.25, -0.2) is 4.79 Å². The van der Waals surface area contributed by atoms with E-state index in [-0.39, 0.29) is 17.8 Å². The van der Waals surface area contributed by atoms with Crippen LogP contribution in [0.15, 0.2) is 27.9 Å². The Labute approximate surface area is 144 Å². The van der Waals surface area contributed by atoms with Gasteiger partial charge in [0.2, 0.25) is 5.78 Å². The fraction of sp³-hybridized carbons (Fsp3) is 0.500. The summed E-state index contributed by atoms with van der Waals surface area (Å²) in [7, 11) is 1.68. The van der Waals surface area contributed by atoms with Crippen molar-refractivity contribution in [2.75, 3.05) is 0 Å². The highest BCUT2D eigenvalue weighted by Gasteiger charge is 2.24. The summed E-state index contributed by atoms with van der Waals surface area (Å²) in [6.07, 6.45) is 10.3.